The van der Waals surface area contributed by atoms with Crippen molar-refractivity contribution in [2.75, 3.05) is 13.1 Å². The molecule has 0 bridgehead atoms. The van der Waals surface area contributed by atoms with Gasteiger partial charge in [0.25, 0.3) is 0 Å². The Labute approximate surface area is 146 Å². The Balaban J connectivity index is 1.72. The van der Waals surface area contributed by atoms with E-state index in [4.69, 9.17) is 0 Å². The van der Waals surface area contributed by atoms with Gasteiger partial charge in [-0.15, -0.1) is 0 Å². The molecule has 1 aliphatic rings. The minimum absolute atomic E-state index is 0.252. The molecule has 2 atom stereocenters. The summed E-state index contributed by atoms with van der Waals surface area (Å²) in [5, 5.41) is 10.8. The van der Waals surface area contributed by atoms with Crippen molar-refractivity contribution in [2.24, 2.45) is 0 Å². The summed E-state index contributed by atoms with van der Waals surface area (Å²) in [6.45, 7) is 4.20. The molecule has 24 heavy (non-hydrogen) atoms. The van der Waals surface area contributed by atoms with Gasteiger partial charge >= 0.3 is 0 Å². The van der Waals surface area contributed by atoms with E-state index in [2.05, 4.69) is 72.5 Å². The highest BCUT2D eigenvalue weighted by molar-refractivity contribution is 5.32. The fourth-order valence-corrected chi connectivity index (χ4v) is 3.88. The Bertz CT molecular complexity index is 558. The fraction of sp³-hybridized carbons (Fsp3) is 0.455. The van der Waals surface area contributed by atoms with Crippen molar-refractivity contribution in [3.63, 3.8) is 0 Å². The molecule has 1 fully saturated rings. The molecule has 1 N–H and O–H groups in total. The maximum atomic E-state index is 10.8. The Morgan fingerprint density at radius 1 is 0.958 bits per heavy atom. The van der Waals surface area contributed by atoms with Gasteiger partial charge in [0.15, 0.2) is 0 Å². The average molecular weight is 323 g/mol. The molecular formula is C22H29NO. The van der Waals surface area contributed by atoms with Crippen molar-refractivity contribution >= 4 is 0 Å². The molecule has 1 heterocycles. The number of hydrogen-bond acceptors (Lipinski definition) is 2. The van der Waals surface area contributed by atoms with E-state index in [1.165, 1.54) is 30.4 Å². The number of likely N-dealkylation sites (tertiary alicyclic amines) is 1. The third kappa shape index (κ3) is 4.46. The zero-order valence-corrected chi connectivity index (χ0v) is 14.6. The second kappa shape index (κ2) is 8.46. The van der Waals surface area contributed by atoms with Crippen molar-refractivity contribution in [3.8, 4) is 0 Å². The number of piperidine rings is 1. The SMILES string of the molecule is CC1CCCCN1CC(O)CC(c1ccccc1)c1ccccc1. The first kappa shape index (κ1) is 17.2. The van der Waals surface area contributed by atoms with Gasteiger partial charge in [0, 0.05) is 18.5 Å². The third-order valence-corrected chi connectivity index (χ3v) is 5.30. The Morgan fingerprint density at radius 3 is 2.08 bits per heavy atom. The van der Waals surface area contributed by atoms with Gasteiger partial charge in [0.1, 0.15) is 0 Å². The average Bonchev–Trinajstić information content (AvgIpc) is 2.63. The van der Waals surface area contributed by atoms with Crippen LogP contribution in [0.25, 0.3) is 0 Å². The molecular weight excluding hydrogens is 294 g/mol. The van der Waals surface area contributed by atoms with Gasteiger partial charge in [-0.3, -0.25) is 4.90 Å². The fourth-order valence-electron chi connectivity index (χ4n) is 3.88. The summed E-state index contributed by atoms with van der Waals surface area (Å²) in [5.41, 5.74) is 2.57. The largest absolute Gasteiger partial charge is 0.392 e. The Hall–Kier alpha value is -1.64. The predicted octanol–water partition coefficient (Wildman–Crippen LogP) is 4.44. The van der Waals surface area contributed by atoms with E-state index in [0.29, 0.717) is 6.04 Å². The van der Waals surface area contributed by atoms with Gasteiger partial charge < -0.3 is 5.11 Å². The summed E-state index contributed by atoms with van der Waals surface area (Å²) < 4.78 is 0. The van der Waals surface area contributed by atoms with E-state index >= 15 is 0 Å². The lowest BCUT2D eigenvalue weighted by molar-refractivity contribution is 0.0664. The molecule has 0 saturated carbocycles. The van der Waals surface area contributed by atoms with Crippen LogP contribution in [0.3, 0.4) is 0 Å². The summed E-state index contributed by atoms with van der Waals surface area (Å²) >= 11 is 0. The minimum atomic E-state index is -0.295. The smallest absolute Gasteiger partial charge is 0.0676 e. The van der Waals surface area contributed by atoms with Gasteiger partial charge in [0.05, 0.1) is 6.10 Å². The second-order valence-electron chi connectivity index (χ2n) is 7.10. The molecule has 0 spiro atoms. The summed E-state index contributed by atoms with van der Waals surface area (Å²) in [5.74, 6) is 0.252. The quantitative estimate of drug-likeness (QED) is 0.849. The van der Waals surface area contributed by atoms with E-state index in [1.54, 1.807) is 0 Å². The molecule has 2 aromatic carbocycles. The Kier molecular flexibility index (Phi) is 6.06. The third-order valence-electron chi connectivity index (χ3n) is 5.30. The molecule has 0 amide bonds. The summed E-state index contributed by atoms with van der Waals surface area (Å²) in [6.07, 6.45) is 4.32. The van der Waals surface area contributed by atoms with Crippen LogP contribution in [0.1, 0.15) is 49.7 Å². The van der Waals surface area contributed by atoms with E-state index in [-0.39, 0.29) is 12.0 Å². The number of aliphatic hydroxyl groups is 1. The molecule has 1 aliphatic heterocycles. The van der Waals surface area contributed by atoms with Crippen LogP contribution in [0.5, 0.6) is 0 Å². The van der Waals surface area contributed by atoms with Gasteiger partial charge in [-0.25, -0.2) is 0 Å². The first-order valence-corrected chi connectivity index (χ1v) is 9.26. The molecule has 128 valence electrons. The zero-order valence-electron chi connectivity index (χ0n) is 14.6. The summed E-state index contributed by atoms with van der Waals surface area (Å²) in [4.78, 5) is 2.46. The highest BCUT2D eigenvalue weighted by Crippen LogP contribution is 2.29. The molecule has 1 saturated heterocycles. The number of hydrogen-bond donors (Lipinski definition) is 1. The first-order chi connectivity index (χ1) is 11.7. The molecule has 2 nitrogen and oxygen atoms in total. The normalized spacial score (nSPS) is 20.2. The van der Waals surface area contributed by atoms with Gasteiger partial charge in [-0.2, -0.15) is 0 Å². The highest BCUT2D eigenvalue weighted by Gasteiger charge is 2.24. The lowest BCUT2D eigenvalue weighted by atomic mass is 9.86. The summed E-state index contributed by atoms with van der Waals surface area (Å²) in [7, 11) is 0. The highest BCUT2D eigenvalue weighted by atomic mass is 16.3. The summed E-state index contributed by atoms with van der Waals surface area (Å²) in [6, 6.07) is 21.8. The van der Waals surface area contributed by atoms with Crippen molar-refractivity contribution in [1.29, 1.82) is 0 Å². The van der Waals surface area contributed by atoms with Gasteiger partial charge in [0.2, 0.25) is 0 Å². The number of β-amino-alcohol motifs (C(OH)–C–C–N with tert-alkyl or cyclic N) is 1. The molecule has 2 unspecified atom stereocenters. The maximum Gasteiger partial charge on any atom is 0.0676 e. The molecule has 2 aromatic rings. The predicted molar refractivity (Wildman–Crippen MR) is 100 cm³/mol. The van der Waals surface area contributed by atoms with Crippen molar-refractivity contribution < 1.29 is 5.11 Å². The maximum absolute atomic E-state index is 10.8. The first-order valence-electron chi connectivity index (χ1n) is 9.26. The molecule has 3 rings (SSSR count). The van der Waals surface area contributed by atoms with Crippen LogP contribution in [0.4, 0.5) is 0 Å². The number of aliphatic hydroxyl groups excluding tert-OH is 1. The van der Waals surface area contributed by atoms with E-state index in [0.717, 1.165) is 19.5 Å². The molecule has 0 aromatic heterocycles. The molecule has 2 heteroatoms. The van der Waals surface area contributed by atoms with E-state index in [1.807, 2.05) is 0 Å². The van der Waals surface area contributed by atoms with Crippen LogP contribution in [0, 0.1) is 0 Å². The number of nitrogens with zero attached hydrogens (tertiary/aromatic N) is 1. The van der Waals surface area contributed by atoms with Crippen LogP contribution in [0.15, 0.2) is 60.7 Å². The minimum Gasteiger partial charge on any atom is -0.392 e. The monoisotopic (exact) mass is 323 g/mol. The van der Waals surface area contributed by atoms with Crippen LogP contribution >= 0.6 is 0 Å². The standard InChI is InChI=1S/C22H29NO/c1-18-10-8-9-15-23(18)17-21(24)16-22(19-11-4-2-5-12-19)20-13-6-3-7-14-20/h2-7,11-14,18,21-22,24H,8-10,15-17H2,1H3. The van der Waals surface area contributed by atoms with Crippen molar-refractivity contribution in [3.05, 3.63) is 71.8 Å². The molecule has 0 aliphatic carbocycles. The second-order valence-corrected chi connectivity index (χ2v) is 7.10. The van der Waals surface area contributed by atoms with E-state index in [9.17, 15) is 5.11 Å². The van der Waals surface area contributed by atoms with Crippen LogP contribution in [0.2, 0.25) is 0 Å². The van der Waals surface area contributed by atoms with Gasteiger partial charge in [-0.1, -0.05) is 67.1 Å². The number of rotatable bonds is 6. The Morgan fingerprint density at radius 2 is 1.54 bits per heavy atom. The van der Waals surface area contributed by atoms with Crippen LogP contribution in [-0.4, -0.2) is 35.2 Å². The van der Waals surface area contributed by atoms with Crippen LogP contribution < -0.4 is 0 Å². The lowest BCUT2D eigenvalue weighted by Crippen LogP contribution is -2.42. The van der Waals surface area contributed by atoms with Crippen LogP contribution in [-0.2, 0) is 0 Å². The van der Waals surface area contributed by atoms with Gasteiger partial charge in [-0.05, 0) is 43.9 Å². The topological polar surface area (TPSA) is 23.5 Å². The zero-order chi connectivity index (χ0) is 16.8. The van der Waals surface area contributed by atoms with E-state index < -0.39 is 0 Å². The van der Waals surface area contributed by atoms with Crippen molar-refractivity contribution in [2.45, 2.75) is 50.7 Å². The van der Waals surface area contributed by atoms with Crippen molar-refractivity contribution in [1.82, 2.24) is 4.90 Å². The lowest BCUT2D eigenvalue weighted by Gasteiger charge is -2.35. The molecule has 0 radical (unpaired) electrons. The number of benzene rings is 2.